The Kier molecular flexibility index (Phi) is 5.10. The van der Waals surface area contributed by atoms with Crippen molar-refractivity contribution in [3.8, 4) is 0 Å². The summed E-state index contributed by atoms with van der Waals surface area (Å²) in [6, 6.07) is 0. The fraction of sp³-hybridized carbons (Fsp3) is 0.600. The Hall–Kier alpha value is 0.0700. The van der Waals surface area contributed by atoms with Crippen molar-refractivity contribution < 1.29 is 23.6 Å². The standard InChI is InChI=1S/C5H9Cl2O5P/c1-3(2)11-5(4(6)7)12-13(8,9)10/h3H,1-2H3,(H2,8,9,10). The average molecular weight is 251 g/mol. The molecule has 0 atom stereocenters. The first-order valence-electron chi connectivity index (χ1n) is 3.19. The molecule has 0 heterocycles. The van der Waals surface area contributed by atoms with Gasteiger partial charge in [-0.15, -0.1) is 0 Å². The van der Waals surface area contributed by atoms with Gasteiger partial charge in [-0.3, -0.25) is 9.79 Å². The first-order chi connectivity index (χ1) is 5.72. The second kappa shape index (κ2) is 5.08. The minimum Gasteiger partial charge on any atom is -0.461 e. The molecule has 0 rings (SSSR count). The summed E-state index contributed by atoms with van der Waals surface area (Å²) in [7, 11) is -4.68. The highest BCUT2D eigenvalue weighted by molar-refractivity contribution is 7.46. The van der Waals surface area contributed by atoms with Gasteiger partial charge in [0.25, 0.3) is 0 Å². The maximum Gasteiger partial charge on any atom is 0.527 e. The van der Waals surface area contributed by atoms with Crippen LogP contribution in [0.15, 0.2) is 10.4 Å². The van der Waals surface area contributed by atoms with E-state index in [1.807, 2.05) is 0 Å². The summed E-state index contributed by atoms with van der Waals surface area (Å²) in [5.41, 5.74) is 0. The van der Waals surface area contributed by atoms with Crippen molar-refractivity contribution in [3.63, 3.8) is 0 Å². The van der Waals surface area contributed by atoms with Crippen molar-refractivity contribution in [2.24, 2.45) is 0 Å². The maximum atomic E-state index is 10.4. The largest absolute Gasteiger partial charge is 0.527 e. The molecule has 78 valence electrons. The van der Waals surface area contributed by atoms with Gasteiger partial charge in [-0.1, -0.05) is 23.2 Å². The van der Waals surface area contributed by atoms with Crippen LogP contribution in [-0.2, 0) is 13.8 Å². The molecule has 0 fully saturated rings. The summed E-state index contributed by atoms with van der Waals surface area (Å²) in [5.74, 6) is -0.577. The molecular formula is C5H9Cl2O5P. The van der Waals surface area contributed by atoms with Gasteiger partial charge >= 0.3 is 13.8 Å². The first-order valence-corrected chi connectivity index (χ1v) is 5.48. The lowest BCUT2D eigenvalue weighted by Crippen LogP contribution is -2.05. The van der Waals surface area contributed by atoms with Gasteiger partial charge in [-0.2, -0.15) is 0 Å². The molecule has 5 nitrogen and oxygen atoms in total. The lowest BCUT2D eigenvalue weighted by Gasteiger charge is -2.14. The van der Waals surface area contributed by atoms with Gasteiger partial charge in [0, 0.05) is 0 Å². The van der Waals surface area contributed by atoms with E-state index < -0.39 is 18.3 Å². The molecule has 2 N–H and O–H groups in total. The van der Waals surface area contributed by atoms with Gasteiger partial charge in [-0.25, -0.2) is 4.57 Å². The minimum absolute atomic E-state index is 0.353. The van der Waals surface area contributed by atoms with E-state index in [1.54, 1.807) is 13.8 Å². The number of halogens is 2. The molecule has 0 aliphatic heterocycles. The van der Waals surface area contributed by atoms with Gasteiger partial charge in [-0.05, 0) is 13.8 Å². The van der Waals surface area contributed by atoms with E-state index in [4.69, 9.17) is 37.7 Å². The summed E-state index contributed by atoms with van der Waals surface area (Å²) < 4.78 is 18.8. The van der Waals surface area contributed by atoms with Crippen LogP contribution in [0.2, 0.25) is 0 Å². The third kappa shape index (κ3) is 7.16. The van der Waals surface area contributed by atoms with Crippen LogP contribution in [0, 0.1) is 0 Å². The average Bonchev–Trinajstić information content (AvgIpc) is 1.81. The highest BCUT2D eigenvalue weighted by Crippen LogP contribution is 2.41. The van der Waals surface area contributed by atoms with Gasteiger partial charge in [0.05, 0.1) is 6.10 Å². The SMILES string of the molecule is CC(C)OC(OP(=O)(O)O)=C(Cl)Cl. The summed E-state index contributed by atoms with van der Waals surface area (Å²) in [4.78, 5) is 16.8. The highest BCUT2D eigenvalue weighted by atomic mass is 35.5. The van der Waals surface area contributed by atoms with Crippen LogP contribution in [0.3, 0.4) is 0 Å². The molecule has 0 saturated heterocycles. The fourth-order valence-electron chi connectivity index (χ4n) is 0.423. The Morgan fingerprint density at radius 3 is 2.08 bits per heavy atom. The molecule has 0 aliphatic carbocycles. The number of phosphoric ester groups is 1. The number of phosphoric acid groups is 1. The molecular weight excluding hydrogens is 242 g/mol. The van der Waals surface area contributed by atoms with Crippen LogP contribution in [0.25, 0.3) is 0 Å². The molecule has 0 aromatic carbocycles. The molecule has 0 bridgehead atoms. The molecule has 0 aromatic heterocycles. The lowest BCUT2D eigenvalue weighted by atomic mass is 10.5. The smallest absolute Gasteiger partial charge is 0.461 e. The molecule has 0 unspecified atom stereocenters. The van der Waals surface area contributed by atoms with Crippen LogP contribution in [-0.4, -0.2) is 15.9 Å². The van der Waals surface area contributed by atoms with Crippen LogP contribution in [0.1, 0.15) is 13.8 Å². The molecule has 13 heavy (non-hydrogen) atoms. The van der Waals surface area contributed by atoms with Crippen LogP contribution in [0.4, 0.5) is 0 Å². The highest BCUT2D eigenvalue weighted by Gasteiger charge is 2.22. The van der Waals surface area contributed by atoms with Crippen molar-refractivity contribution in [3.05, 3.63) is 10.4 Å². The summed E-state index contributed by atoms with van der Waals surface area (Å²) in [6.07, 6.45) is -0.353. The van der Waals surface area contributed by atoms with E-state index in [-0.39, 0.29) is 6.10 Å². The van der Waals surface area contributed by atoms with E-state index in [1.165, 1.54) is 0 Å². The summed E-state index contributed by atoms with van der Waals surface area (Å²) in [5, 5.41) is 0. The Morgan fingerprint density at radius 2 is 1.85 bits per heavy atom. The second-order valence-electron chi connectivity index (χ2n) is 2.30. The van der Waals surface area contributed by atoms with E-state index in [0.717, 1.165) is 0 Å². The predicted octanol–water partition coefficient (Wildman–Crippen LogP) is 2.12. The second-order valence-corrected chi connectivity index (χ2v) is 4.41. The lowest BCUT2D eigenvalue weighted by molar-refractivity contribution is 0.0479. The number of rotatable bonds is 4. The molecule has 0 radical (unpaired) electrons. The minimum atomic E-state index is -4.68. The molecule has 0 aliphatic rings. The van der Waals surface area contributed by atoms with Gasteiger partial charge in [0.1, 0.15) is 0 Å². The third-order valence-electron chi connectivity index (χ3n) is 0.699. The Labute approximate surface area is 85.5 Å². The number of ether oxygens (including phenoxy) is 1. The van der Waals surface area contributed by atoms with Crippen molar-refractivity contribution in [1.29, 1.82) is 0 Å². The zero-order valence-corrected chi connectivity index (χ0v) is 9.31. The van der Waals surface area contributed by atoms with E-state index >= 15 is 0 Å². The van der Waals surface area contributed by atoms with E-state index in [2.05, 4.69) is 4.52 Å². The monoisotopic (exact) mass is 250 g/mol. The Morgan fingerprint density at radius 1 is 1.38 bits per heavy atom. The zero-order valence-electron chi connectivity index (χ0n) is 6.90. The van der Waals surface area contributed by atoms with Gasteiger partial charge in [0.15, 0.2) is 4.49 Å². The van der Waals surface area contributed by atoms with Crippen molar-refractivity contribution >= 4 is 31.0 Å². The summed E-state index contributed by atoms with van der Waals surface area (Å²) >= 11 is 10.5. The van der Waals surface area contributed by atoms with E-state index in [9.17, 15) is 4.57 Å². The van der Waals surface area contributed by atoms with Crippen LogP contribution >= 0.6 is 31.0 Å². The summed E-state index contributed by atoms with van der Waals surface area (Å²) in [6.45, 7) is 3.25. The van der Waals surface area contributed by atoms with Gasteiger partial charge in [0.2, 0.25) is 0 Å². The number of hydrogen-bond donors (Lipinski definition) is 2. The topological polar surface area (TPSA) is 76.0 Å². The fourth-order valence-corrected chi connectivity index (χ4v) is 1.05. The maximum absolute atomic E-state index is 10.4. The van der Waals surface area contributed by atoms with Crippen LogP contribution < -0.4 is 0 Å². The van der Waals surface area contributed by atoms with Crippen LogP contribution in [0.5, 0.6) is 0 Å². The van der Waals surface area contributed by atoms with Crippen molar-refractivity contribution in [1.82, 2.24) is 0 Å². The molecule has 8 heteroatoms. The molecule has 0 amide bonds. The van der Waals surface area contributed by atoms with E-state index in [0.29, 0.717) is 0 Å². The van der Waals surface area contributed by atoms with Gasteiger partial charge < -0.3 is 9.26 Å². The quantitative estimate of drug-likeness (QED) is 0.591. The van der Waals surface area contributed by atoms with Crippen molar-refractivity contribution in [2.45, 2.75) is 20.0 Å². The molecule has 0 spiro atoms. The molecule has 0 aromatic rings. The Balaban J connectivity index is 4.49. The zero-order chi connectivity index (χ0) is 10.6. The predicted molar refractivity (Wildman–Crippen MR) is 48.1 cm³/mol. The Bertz CT molecular complexity index is 241. The van der Waals surface area contributed by atoms with Crippen molar-refractivity contribution in [2.75, 3.05) is 0 Å². The molecule has 0 saturated carbocycles. The first kappa shape index (κ1) is 13.1. The third-order valence-corrected chi connectivity index (χ3v) is 1.41. The normalized spacial score (nSPS) is 11.3. The number of hydrogen-bond acceptors (Lipinski definition) is 3.